The molecule has 2 saturated carbocycles. The monoisotopic (exact) mass is 501 g/mol. The van der Waals surface area contributed by atoms with Gasteiger partial charge in [-0.25, -0.2) is 4.98 Å². The molecule has 7 heteroatoms. The summed E-state index contributed by atoms with van der Waals surface area (Å²) < 4.78 is 0. The zero-order valence-corrected chi connectivity index (χ0v) is 21.7. The average molecular weight is 502 g/mol. The highest BCUT2D eigenvalue weighted by molar-refractivity contribution is 7.15. The average Bonchev–Trinajstić information content (AvgIpc) is 3.36. The molecule has 7 rings (SSSR count). The molecule has 2 atom stereocenters. The molecule has 3 aromatic rings. The molecule has 36 heavy (non-hydrogen) atoms. The number of fused-ring (bicyclic) bond motifs is 3. The lowest BCUT2D eigenvalue weighted by Gasteiger charge is -2.32. The maximum absolute atomic E-state index is 13.0. The lowest BCUT2D eigenvalue weighted by atomic mass is 9.84. The number of anilines is 1. The highest BCUT2D eigenvalue weighted by atomic mass is 32.1. The Morgan fingerprint density at radius 2 is 2.00 bits per heavy atom. The fourth-order valence-electron chi connectivity index (χ4n) is 6.71. The Morgan fingerprint density at radius 3 is 2.83 bits per heavy atom. The first kappa shape index (κ1) is 22.7. The van der Waals surface area contributed by atoms with Crippen molar-refractivity contribution in [1.29, 1.82) is 0 Å². The first-order valence-electron chi connectivity index (χ1n) is 13.8. The quantitative estimate of drug-likeness (QED) is 0.514. The third-order valence-electron chi connectivity index (χ3n) is 8.99. The predicted octanol–water partition coefficient (Wildman–Crippen LogP) is 5.03. The Kier molecular flexibility index (Phi) is 5.93. The van der Waals surface area contributed by atoms with Crippen molar-refractivity contribution in [1.82, 2.24) is 20.2 Å². The molecule has 0 radical (unpaired) electrons. The van der Waals surface area contributed by atoms with Crippen LogP contribution in [-0.2, 0) is 13.0 Å². The number of nitrogens with zero attached hydrogens (tertiary/aromatic N) is 4. The summed E-state index contributed by atoms with van der Waals surface area (Å²) in [6.07, 6.45) is 11.5. The molecule has 1 N–H and O–H groups in total. The van der Waals surface area contributed by atoms with Crippen LogP contribution in [0.1, 0.15) is 65.9 Å². The molecule has 4 heterocycles. The van der Waals surface area contributed by atoms with Crippen LogP contribution in [0.2, 0.25) is 0 Å². The number of rotatable bonds is 6. The lowest BCUT2D eigenvalue weighted by molar-refractivity contribution is 0.0921. The third kappa shape index (κ3) is 4.41. The minimum absolute atomic E-state index is 0.0370. The summed E-state index contributed by atoms with van der Waals surface area (Å²) in [5, 5.41) is 5.54. The largest absolute Gasteiger partial charge is 0.349 e. The van der Waals surface area contributed by atoms with Crippen LogP contribution < -0.4 is 10.2 Å². The van der Waals surface area contributed by atoms with E-state index >= 15 is 0 Å². The highest BCUT2D eigenvalue weighted by Gasteiger charge is 2.48. The van der Waals surface area contributed by atoms with Crippen LogP contribution in [-0.4, -0.2) is 52.5 Å². The van der Waals surface area contributed by atoms with Crippen molar-refractivity contribution in [3.63, 3.8) is 0 Å². The van der Waals surface area contributed by atoms with E-state index < -0.39 is 0 Å². The number of amides is 1. The van der Waals surface area contributed by atoms with E-state index in [1.54, 1.807) is 6.20 Å². The second-order valence-electron chi connectivity index (χ2n) is 11.3. The molecule has 2 aliphatic heterocycles. The molecule has 2 unspecified atom stereocenters. The smallest absolute Gasteiger partial charge is 0.252 e. The summed E-state index contributed by atoms with van der Waals surface area (Å²) >= 11 is 1.97. The van der Waals surface area contributed by atoms with Gasteiger partial charge in [0.05, 0.1) is 11.2 Å². The van der Waals surface area contributed by atoms with Gasteiger partial charge in [-0.2, -0.15) is 0 Å². The summed E-state index contributed by atoms with van der Waals surface area (Å²) in [6, 6.07) is 10.8. The molecule has 2 aliphatic carbocycles. The molecule has 188 valence electrons. The summed E-state index contributed by atoms with van der Waals surface area (Å²) in [5.74, 6) is 1.76. The first-order valence-corrected chi connectivity index (χ1v) is 14.6. The second-order valence-corrected chi connectivity index (χ2v) is 12.4. The number of thiazole rings is 1. The third-order valence-corrected chi connectivity index (χ3v) is 10.2. The van der Waals surface area contributed by atoms with Crippen LogP contribution in [0.15, 0.2) is 36.5 Å². The van der Waals surface area contributed by atoms with Crippen LogP contribution in [0.4, 0.5) is 5.13 Å². The van der Waals surface area contributed by atoms with Gasteiger partial charge in [0.2, 0.25) is 0 Å². The van der Waals surface area contributed by atoms with Crippen molar-refractivity contribution >= 4 is 33.3 Å². The number of carbonyl (C=O) groups excluding carboxylic acids is 1. The number of aromatic nitrogens is 2. The molecule has 3 fully saturated rings. The molecule has 2 aromatic heterocycles. The van der Waals surface area contributed by atoms with Crippen LogP contribution >= 0.6 is 11.3 Å². The Balaban J connectivity index is 0.884. The minimum atomic E-state index is 0.0370. The molecule has 4 aliphatic rings. The molecule has 0 spiro atoms. The Hall–Kier alpha value is -2.51. The summed E-state index contributed by atoms with van der Waals surface area (Å²) in [5.41, 5.74) is 2.96. The molecular weight excluding hydrogens is 466 g/mol. The number of piperidine rings is 1. The van der Waals surface area contributed by atoms with Gasteiger partial charge in [0.15, 0.2) is 5.13 Å². The van der Waals surface area contributed by atoms with E-state index in [-0.39, 0.29) is 11.9 Å². The fraction of sp³-hybridized carbons (Fsp3) is 0.552. The molecule has 6 nitrogen and oxygen atoms in total. The van der Waals surface area contributed by atoms with Gasteiger partial charge >= 0.3 is 0 Å². The van der Waals surface area contributed by atoms with Crippen LogP contribution in [0.5, 0.6) is 0 Å². The van der Waals surface area contributed by atoms with E-state index in [1.807, 2.05) is 41.7 Å². The fourth-order valence-corrected chi connectivity index (χ4v) is 7.85. The summed E-state index contributed by atoms with van der Waals surface area (Å²) in [7, 11) is 0. The Labute approximate surface area is 217 Å². The lowest BCUT2D eigenvalue weighted by Crippen LogP contribution is -2.38. The van der Waals surface area contributed by atoms with Crippen LogP contribution in [0.3, 0.4) is 0 Å². The van der Waals surface area contributed by atoms with Gasteiger partial charge in [0, 0.05) is 53.7 Å². The molecule has 0 bridgehead atoms. The van der Waals surface area contributed by atoms with Crippen LogP contribution in [0.25, 0.3) is 10.9 Å². The van der Waals surface area contributed by atoms with Gasteiger partial charge < -0.3 is 10.2 Å². The van der Waals surface area contributed by atoms with E-state index in [0.717, 1.165) is 60.2 Å². The maximum atomic E-state index is 13.0. The zero-order valence-electron chi connectivity index (χ0n) is 20.9. The number of pyridine rings is 1. The van der Waals surface area contributed by atoms with Gasteiger partial charge in [-0.1, -0.05) is 12.1 Å². The Morgan fingerprint density at radius 1 is 1.08 bits per heavy atom. The van der Waals surface area contributed by atoms with Crippen molar-refractivity contribution in [3.05, 3.63) is 52.7 Å². The van der Waals surface area contributed by atoms with Gasteiger partial charge in [-0.3, -0.25) is 14.7 Å². The highest BCUT2D eigenvalue weighted by Crippen LogP contribution is 2.48. The van der Waals surface area contributed by atoms with Gasteiger partial charge in [-0.05, 0) is 87.9 Å². The number of benzene rings is 1. The van der Waals surface area contributed by atoms with Gasteiger partial charge in [0.1, 0.15) is 0 Å². The number of nitrogens with one attached hydrogen (secondary N) is 1. The normalized spacial score (nSPS) is 27.6. The van der Waals surface area contributed by atoms with Crippen LogP contribution in [0, 0.1) is 11.8 Å². The van der Waals surface area contributed by atoms with E-state index in [0.29, 0.717) is 0 Å². The van der Waals surface area contributed by atoms with Crippen molar-refractivity contribution in [2.45, 2.75) is 70.0 Å². The predicted molar refractivity (Wildman–Crippen MR) is 145 cm³/mol. The Bertz CT molecular complexity index is 1260. The number of hydrogen-bond donors (Lipinski definition) is 1. The van der Waals surface area contributed by atoms with E-state index in [1.165, 1.54) is 67.4 Å². The number of hydrogen-bond acceptors (Lipinski definition) is 6. The first-order chi connectivity index (χ1) is 17.7. The topological polar surface area (TPSA) is 61.4 Å². The van der Waals surface area contributed by atoms with Gasteiger partial charge in [0.25, 0.3) is 5.91 Å². The van der Waals surface area contributed by atoms with Crippen molar-refractivity contribution in [2.24, 2.45) is 11.8 Å². The standard InChI is InChI=1S/C29H35N5OS/c35-28(23-3-1-5-24-22(23)4-2-13-30-24)31-21-8-6-19(7-9-21)10-14-33-15-12-27-25(18-33)32-29(36-27)34-16-11-20-17-26(20)34/h1-5,13,19-21,26H,6-12,14-18H2,(H,31,35). The number of carbonyl (C=O) groups is 1. The summed E-state index contributed by atoms with van der Waals surface area (Å²) in [6.45, 7) is 4.59. The minimum Gasteiger partial charge on any atom is -0.349 e. The van der Waals surface area contributed by atoms with E-state index in [2.05, 4.69) is 20.1 Å². The van der Waals surface area contributed by atoms with Crippen molar-refractivity contribution < 1.29 is 4.79 Å². The second kappa shape index (κ2) is 9.42. The van der Waals surface area contributed by atoms with E-state index in [4.69, 9.17) is 4.98 Å². The molecule has 1 aromatic carbocycles. The zero-order chi connectivity index (χ0) is 24.1. The maximum Gasteiger partial charge on any atom is 0.252 e. The van der Waals surface area contributed by atoms with Gasteiger partial charge in [-0.15, -0.1) is 11.3 Å². The SMILES string of the molecule is O=C(NC1CCC(CCN2CCc3sc(N4CCC5CC54)nc3C2)CC1)c1cccc2ncccc12. The molecule has 1 amide bonds. The molecule has 1 saturated heterocycles. The molecular formula is C29H35N5OS. The van der Waals surface area contributed by atoms with Crippen molar-refractivity contribution in [2.75, 3.05) is 24.5 Å². The van der Waals surface area contributed by atoms with Crippen molar-refractivity contribution in [3.8, 4) is 0 Å². The van der Waals surface area contributed by atoms with E-state index in [9.17, 15) is 4.79 Å². The summed E-state index contributed by atoms with van der Waals surface area (Å²) in [4.78, 5) is 29.2.